The number of ether oxygens (including phenoxy) is 1. The Hall–Kier alpha value is -3.02. The summed E-state index contributed by atoms with van der Waals surface area (Å²) in [4.78, 5) is 52.5. The Morgan fingerprint density at radius 1 is 0.926 bits per heavy atom. The Bertz CT molecular complexity index is 1760. The Labute approximate surface area is 325 Å². The molecule has 0 unspecified atom stereocenters. The first kappa shape index (κ1) is 40.6. The molecule has 0 saturated heterocycles. The van der Waals surface area contributed by atoms with E-state index >= 15 is 0 Å². The van der Waals surface area contributed by atoms with Gasteiger partial charge in [0.1, 0.15) is 6.10 Å². The molecule has 0 aliphatic heterocycles. The van der Waals surface area contributed by atoms with Gasteiger partial charge >= 0.3 is 11.9 Å². The molecule has 0 aromatic heterocycles. The third kappa shape index (κ3) is 6.47. The van der Waals surface area contributed by atoms with Gasteiger partial charge in [0.25, 0.3) is 0 Å². The first-order valence-corrected chi connectivity index (χ1v) is 21.0. The van der Waals surface area contributed by atoms with Crippen molar-refractivity contribution in [3.05, 3.63) is 58.7 Å². The van der Waals surface area contributed by atoms with E-state index in [1.807, 2.05) is 6.08 Å². The van der Waals surface area contributed by atoms with Crippen LogP contribution in [-0.2, 0) is 23.9 Å². The number of aliphatic carboxylic acids is 1. The molecule has 6 rings (SSSR count). The number of esters is 1. The molecule has 0 bridgehead atoms. The topological polar surface area (TPSA) is 97.7 Å². The van der Waals surface area contributed by atoms with E-state index in [0.29, 0.717) is 30.6 Å². The highest BCUT2D eigenvalue weighted by Gasteiger charge is 2.70. The molecule has 4 saturated carbocycles. The maximum absolute atomic E-state index is 14.1. The van der Waals surface area contributed by atoms with Crippen LogP contribution in [0.25, 0.3) is 0 Å². The number of fused-ring (bicyclic) bond motifs is 7. The number of rotatable bonds is 10. The van der Waals surface area contributed by atoms with Crippen molar-refractivity contribution in [2.45, 2.75) is 159 Å². The number of Topliss-reactive ketones (excluding diaryl/α,β-unsaturated/α-hetero) is 1. The smallest absolute Gasteiger partial charge is 0.309 e. The lowest BCUT2D eigenvalue weighted by atomic mass is 9.33. The highest BCUT2D eigenvalue weighted by Crippen LogP contribution is 2.77. The number of benzene rings is 1. The van der Waals surface area contributed by atoms with Crippen molar-refractivity contribution in [1.82, 2.24) is 0 Å². The van der Waals surface area contributed by atoms with Crippen LogP contribution >= 0.6 is 0 Å². The van der Waals surface area contributed by atoms with E-state index in [9.17, 15) is 24.3 Å². The first-order chi connectivity index (χ1) is 25.0. The number of hydrogen-bond donors (Lipinski definition) is 1. The molecule has 9 atom stereocenters. The van der Waals surface area contributed by atoms with E-state index in [1.54, 1.807) is 13.8 Å². The van der Waals surface area contributed by atoms with E-state index in [4.69, 9.17) is 4.74 Å². The summed E-state index contributed by atoms with van der Waals surface area (Å²) in [5, 5.41) is 9.62. The van der Waals surface area contributed by atoms with E-state index in [0.717, 1.165) is 56.9 Å². The minimum atomic E-state index is -1.16. The fourth-order valence-corrected chi connectivity index (χ4v) is 13.4. The molecular formula is C48H68O6. The van der Waals surface area contributed by atoms with Crippen molar-refractivity contribution < 1.29 is 29.0 Å². The van der Waals surface area contributed by atoms with Gasteiger partial charge in [0.2, 0.25) is 0 Å². The zero-order valence-corrected chi connectivity index (χ0v) is 35.2. The van der Waals surface area contributed by atoms with Crippen molar-refractivity contribution in [3.8, 4) is 0 Å². The normalized spacial score (nSPS) is 36.6. The van der Waals surface area contributed by atoms with Crippen LogP contribution in [0.15, 0.2) is 47.6 Å². The van der Waals surface area contributed by atoms with Crippen LogP contribution in [0.5, 0.6) is 0 Å². The Balaban J connectivity index is 1.26. The van der Waals surface area contributed by atoms with Gasteiger partial charge in [-0.2, -0.15) is 0 Å². The molecule has 1 N–H and O–H groups in total. The third-order valence-corrected chi connectivity index (χ3v) is 16.6. The third-order valence-electron chi connectivity index (χ3n) is 16.6. The van der Waals surface area contributed by atoms with E-state index in [1.165, 1.54) is 16.7 Å². The average molecular weight is 741 g/mol. The van der Waals surface area contributed by atoms with Crippen LogP contribution in [0.3, 0.4) is 0 Å². The minimum Gasteiger partial charge on any atom is -0.481 e. The van der Waals surface area contributed by atoms with Crippen molar-refractivity contribution in [3.63, 3.8) is 0 Å². The zero-order valence-electron chi connectivity index (χ0n) is 35.2. The molecule has 1 aromatic carbocycles. The van der Waals surface area contributed by atoms with Crippen LogP contribution in [0.1, 0.15) is 157 Å². The summed E-state index contributed by atoms with van der Waals surface area (Å²) < 4.78 is 6.17. The second-order valence-electron chi connectivity index (χ2n) is 20.9. The van der Waals surface area contributed by atoms with Crippen molar-refractivity contribution in [1.29, 1.82) is 0 Å². The molecule has 6 heteroatoms. The molecule has 0 spiro atoms. The number of carbonyl (C=O) groups is 4. The number of carboxylic acids is 1. The number of ketones is 2. The Morgan fingerprint density at radius 2 is 1.63 bits per heavy atom. The quantitative estimate of drug-likeness (QED) is 0.189. The Kier molecular flexibility index (Phi) is 10.4. The molecule has 4 fully saturated rings. The lowest BCUT2D eigenvalue weighted by molar-refractivity contribution is -0.232. The SMILES string of the molecule is Cc1cccc([C@H](C)CC(=O)/C=C/[C@@]23CC[C@]4(C)[C@H](CC[C@@H]5[C@@]6(C)CC[C@H](OC(=O)CC(C)(C)C(=O)O)C(C)(C)[C@@H]6CC[C@]54C)C2=C(C(C)C)C(=O)C3)c1. The molecule has 6 nitrogen and oxygen atoms in total. The molecular weight excluding hydrogens is 673 g/mol. The van der Waals surface area contributed by atoms with Crippen LogP contribution < -0.4 is 0 Å². The fraction of sp³-hybridized carbons (Fsp3) is 0.708. The van der Waals surface area contributed by atoms with Gasteiger partial charge in [-0.15, -0.1) is 0 Å². The Morgan fingerprint density at radius 3 is 2.28 bits per heavy atom. The molecule has 1 aromatic rings. The van der Waals surface area contributed by atoms with Gasteiger partial charge < -0.3 is 9.84 Å². The number of carbonyl (C=O) groups excluding carboxylic acids is 3. The first-order valence-electron chi connectivity index (χ1n) is 21.0. The van der Waals surface area contributed by atoms with Crippen LogP contribution in [-0.4, -0.2) is 34.7 Å². The summed E-state index contributed by atoms with van der Waals surface area (Å²) in [6.07, 6.45) is 12.6. The zero-order chi connectivity index (χ0) is 39.8. The number of carboxylic acid groups (broad SMARTS) is 1. The monoisotopic (exact) mass is 741 g/mol. The molecule has 5 aliphatic rings. The van der Waals surface area contributed by atoms with Gasteiger partial charge in [-0.1, -0.05) is 91.3 Å². The highest BCUT2D eigenvalue weighted by atomic mass is 16.5. The highest BCUT2D eigenvalue weighted by molar-refractivity contribution is 6.01. The van der Waals surface area contributed by atoms with E-state index < -0.39 is 17.4 Å². The predicted octanol–water partition coefficient (Wildman–Crippen LogP) is 11.0. The van der Waals surface area contributed by atoms with Gasteiger partial charge in [0.15, 0.2) is 11.6 Å². The minimum absolute atomic E-state index is 0.0148. The second kappa shape index (κ2) is 13.9. The molecule has 0 radical (unpaired) electrons. The summed E-state index contributed by atoms with van der Waals surface area (Å²) in [7, 11) is 0. The van der Waals surface area contributed by atoms with Gasteiger partial charge in [0.05, 0.1) is 11.8 Å². The van der Waals surface area contributed by atoms with Gasteiger partial charge in [-0.05, 0) is 141 Å². The lowest BCUT2D eigenvalue weighted by Gasteiger charge is -2.72. The molecule has 0 heterocycles. The largest absolute Gasteiger partial charge is 0.481 e. The average Bonchev–Trinajstić information content (AvgIpc) is 3.37. The summed E-state index contributed by atoms with van der Waals surface area (Å²) in [6.45, 7) is 23.9. The van der Waals surface area contributed by atoms with Crippen LogP contribution in [0.4, 0.5) is 0 Å². The fourth-order valence-electron chi connectivity index (χ4n) is 13.4. The number of hydrogen-bond acceptors (Lipinski definition) is 5. The van der Waals surface area contributed by atoms with Crippen LogP contribution in [0.2, 0.25) is 0 Å². The maximum atomic E-state index is 14.1. The maximum Gasteiger partial charge on any atom is 0.309 e. The van der Waals surface area contributed by atoms with E-state index in [-0.39, 0.29) is 63.0 Å². The van der Waals surface area contributed by atoms with Gasteiger partial charge in [-0.25, -0.2) is 0 Å². The van der Waals surface area contributed by atoms with Crippen molar-refractivity contribution in [2.75, 3.05) is 0 Å². The summed E-state index contributed by atoms with van der Waals surface area (Å²) in [5.41, 5.74) is 3.16. The number of allylic oxidation sites excluding steroid dienone is 4. The predicted molar refractivity (Wildman–Crippen MR) is 214 cm³/mol. The summed E-state index contributed by atoms with van der Waals surface area (Å²) in [5.74, 6) is 0.443. The van der Waals surface area contributed by atoms with Gasteiger partial charge in [0, 0.05) is 23.7 Å². The van der Waals surface area contributed by atoms with Crippen molar-refractivity contribution in [2.24, 2.45) is 56.2 Å². The molecule has 296 valence electrons. The summed E-state index contributed by atoms with van der Waals surface area (Å²) in [6, 6.07) is 8.43. The molecule has 0 amide bonds. The van der Waals surface area contributed by atoms with E-state index in [2.05, 4.69) is 92.7 Å². The molecule has 5 aliphatic carbocycles. The summed E-state index contributed by atoms with van der Waals surface area (Å²) >= 11 is 0. The lowest BCUT2D eigenvalue weighted by Crippen LogP contribution is -2.65. The number of aryl methyl sites for hydroxylation is 1. The molecule has 54 heavy (non-hydrogen) atoms. The second-order valence-corrected chi connectivity index (χ2v) is 20.9. The van der Waals surface area contributed by atoms with Crippen molar-refractivity contribution >= 4 is 23.5 Å². The van der Waals surface area contributed by atoms with Crippen LogP contribution in [0, 0.1) is 63.1 Å². The van der Waals surface area contributed by atoms with Gasteiger partial charge in [-0.3, -0.25) is 19.2 Å². The standard InChI is InChI=1S/C48H68O6/c1-29(2)40-35(50)27-48(22-17-33(49)26-31(4)32-14-12-13-30(3)25-32)24-23-46(10)34(41(40)48)15-16-37-45(9)20-19-38(54-39(51)28-43(5,6)42(52)53)44(7,8)36(45)18-21-47(37,46)11/h12-14,17,22,25,29,31,34,36-38H,15-16,18-21,23-24,26-28H2,1-11H3,(H,52,53)/b22-17+/t31-,34-,36+,37-,38+,45+,46-,47-,48+/m1/s1.